The summed E-state index contributed by atoms with van der Waals surface area (Å²) in [4.78, 5) is 11.1. The summed E-state index contributed by atoms with van der Waals surface area (Å²) in [6.45, 7) is 10.1. The van der Waals surface area contributed by atoms with E-state index in [9.17, 15) is 4.79 Å². The van der Waals surface area contributed by atoms with Crippen molar-refractivity contribution in [2.24, 2.45) is 0 Å². The average molecular weight is 393 g/mol. The largest absolute Gasteiger partial charge is 0.478 e. The first-order valence-corrected chi connectivity index (χ1v) is 10.3. The summed E-state index contributed by atoms with van der Waals surface area (Å²) in [7, 11) is 1.74. The van der Waals surface area contributed by atoms with E-state index in [1.807, 2.05) is 12.1 Å². The highest BCUT2D eigenvalue weighted by Crippen LogP contribution is 2.46. The Bertz CT molecular complexity index is 918. The summed E-state index contributed by atoms with van der Waals surface area (Å²) in [5, 5.41) is 9.08. The molecule has 0 aliphatic heterocycles. The molecule has 2 aromatic rings. The van der Waals surface area contributed by atoms with Gasteiger partial charge < -0.3 is 9.84 Å². The first kappa shape index (κ1) is 21.3. The van der Waals surface area contributed by atoms with Crippen LogP contribution in [0.5, 0.6) is 0 Å². The van der Waals surface area contributed by atoms with Gasteiger partial charge in [-0.05, 0) is 70.0 Å². The molecule has 0 unspecified atom stereocenters. The number of methoxy groups -OCH3 is 1. The Labute approximate surface area is 174 Å². The van der Waals surface area contributed by atoms with Crippen molar-refractivity contribution in [1.82, 2.24) is 0 Å². The first-order chi connectivity index (χ1) is 13.6. The highest BCUT2D eigenvalue weighted by Gasteiger charge is 2.37. The number of carboxylic acids is 1. The molecular formula is C26H32O3. The number of ether oxygens (including phenoxy) is 1. The summed E-state index contributed by atoms with van der Waals surface area (Å²) >= 11 is 0. The van der Waals surface area contributed by atoms with E-state index in [2.05, 4.69) is 52.0 Å². The lowest BCUT2D eigenvalue weighted by Crippen LogP contribution is -2.34. The molecule has 0 heterocycles. The van der Waals surface area contributed by atoms with Gasteiger partial charge in [-0.1, -0.05) is 64.1 Å². The van der Waals surface area contributed by atoms with E-state index in [-0.39, 0.29) is 10.8 Å². The lowest BCUT2D eigenvalue weighted by atomic mass is 9.62. The molecule has 2 aromatic carbocycles. The van der Waals surface area contributed by atoms with Crippen LogP contribution in [0.4, 0.5) is 0 Å². The van der Waals surface area contributed by atoms with Crippen molar-refractivity contribution in [3.05, 3.63) is 69.8 Å². The fourth-order valence-corrected chi connectivity index (χ4v) is 4.18. The van der Waals surface area contributed by atoms with E-state index >= 15 is 0 Å². The quantitative estimate of drug-likeness (QED) is 0.605. The van der Waals surface area contributed by atoms with Crippen molar-refractivity contribution < 1.29 is 14.6 Å². The summed E-state index contributed by atoms with van der Waals surface area (Å²) in [5.74, 6) is -0.901. The van der Waals surface area contributed by atoms with Crippen LogP contribution in [-0.2, 0) is 22.0 Å². The smallest absolute Gasteiger partial charge is 0.335 e. The van der Waals surface area contributed by atoms with Gasteiger partial charge in [-0.3, -0.25) is 0 Å². The van der Waals surface area contributed by atoms with Gasteiger partial charge in [0.15, 0.2) is 0 Å². The summed E-state index contributed by atoms with van der Waals surface area (Å²) in [6.07, 6.45) is 7.47. The molecule has 0 saturated heterocycles. The van der Waals surface area contributed by atoms with Crippen LogP contribution in [0.1, 0.15) is 78.7 Å². The lowest BCUT2D eigenvalue weighted by Gasteiger charge is -2.42. The second-order valence-electron chi connectivity index (χ2n) is 9.37. The average Bonchev–Trinajstić information content (AvgIpc) is 2.68. The number of hydrogen-bond donors (Lipinski definition) is 1. The zero-order chi connectivity index (χ0) is 21.2. The minimum atomic E-state index is -0.901. The number of fused-ring (bicyclic) bond motifs is 1. The molecule has 0 saturated carbocycles. The molecule has 3 nitrogen and oxygen atoms in total. The number of carbonyl (C=O) groups is 1. The topological polar surface area (TPSA) is 46.5 Å². The first-order valence-electron chi connectivity index (χ1n) is 10.3. The zero-order valence-electron chi connectivity index (χ0n) is 18.2. The second-order valence-corrected chi connectivity index (χ2v) is 9.37. The van der Waals surface area contributed by atoms with Crippen LogP contribution in [0.3, 0.4) is 0 Å². The van der Waals surface area contributed by atoms with Crippen LogP contribution >= 0.6 is 0 Å². The van der Waals surface area contributed by atoms with E-state index < -0.39 is 5.97 Å². The van der Waals surface area contributed by atoms with Crippen LogP contribution in [0, 0.1) is 0 Å². The number of rotatable bonds is 6. The monoisotopic (exact) mass is 392 g/mol. The molecule has 3 heteroatoms. The normalized spacial score (nSPS) is 17.3. The Hall–Kier alpha value is -2.39. The van der Waals surface area contributed by atoms with Gasteiger partial charge in [0.2, 0.25) is 0 Å². The third-order valence-electron chi connectivity index (χ3n) is 6.30. The van der Waals surface area contributed by atoms with Crippen molar-refractivity contribution in [2.45, 2.75) is 57.8 Å². The van der Waals surface area contributed by atoms with Crippen molar-refractivity contribution >= 4 is 18.1 Å². The number of aromatic carboxylic acids is 1. The Morgan fingerprint density at radius 2 is 1.59 bits per heavy atom. The van der Waals surface area contributed by atoms with E-state index in [0.717, 1.165) is 12.0 Å². The van der Waals surface area contributed by atoms with Crippen LogP contribution in [0.2, 0.25) is 0 Å². The molecule has 0 amide bonds. The van der Waals surface area contributed by atoms with Crippen molar-refractivity contribution in [1.29, 1.82) is 0 Å². The molecule has 0 fully saturated rings. The number of benzene rings is 2. The van der Waals surface area contributed by atoms with Crippen molar-refractivity contribution in [2.75, 3.05) is 13.7 Å². The summed E-state index contributed by atoms with van der Waals surface area (Å²) in [6, 6.07) is 11.7. The standard InChI is InChI=1S/C26H32O3/c1-25(2)13-14-26(3,4)23-17-21(12-15-29-5)20(16-22(23)25)11-8-18-6-9-19(10-7-18)24(27)28/h6-11,16-17H,12-15H2,1-5H3,(H,27,28)/b11-8+. The van der Waals surface area contributed by atoms with E-state index in [0.29, 0.717) is 12.2 Å². The maximum absolute atomic E-state index is 11.1. The minimum absolute atomic E-state index is 0.163. The third kappa shape index (κ3) is 4.62. The second kappa shape index (κ2) is 8.16. The Morgan fingerprint density at radius 1 is 1.00 bits per heavy atom. The molecule has 1 aliphatic rings. The number of carboxylic acid groups (broad SMARTS) is 1. The van der Waals surface area contributed by atoms with Gasteiger partial charge in [0.05, 0.1) is 12.2 Å². The van der Waals surface area contributed by atoms with Gasteiger partial charge in [-0.15, -0.1) is 0 Å². The Morgan fingerprint density at radius 3 is 2.14 bits per heavy atom. The maximum atomic E-state index is 11.1. The molecular weight excluding hydrogens is 360 g/mol. The molecule has 29 heavy (non-hydrogen) atoms. The zero-order valence-corrected chi connectivity index (χ0v) is 18.2. The molecule has 0 spiro atoms. The molecule has 154 valence electrons. The minimum Gasteiger partial charge on any atom is -0.478 e. The molecule has 0 bridgehead atoms. The van der Waals surface area contributed by atoms with E-state index in [4.69, 9.17) is 9.84 Å². The van der Waals surface area contributed by atoms with Crippen LogP contribution in [0.25, 0.3) is 12.2 Å². The molecule has 0 radical (unpaired) electrons. The van der Waals surface area contributed by atoms with Crippen molar-refractivity contribution in [3.63, 3.8) is 0 Å². The van der Waals surface area contributed by atoms with E-state index in [1.54, 1.807) is 19.2 Å². The van der Waals surface area contributed by atoms with Crippen LogP contribution in [0.15, 0.2) is 36.4 Å². The highest BCUT2D eigenvalue weighted by molar-refractivity contribution is 5.88. The fourth-order valence-electron chi connectivity index (χ4n) is 4.18. The van der Waals surface area contributed by atoms with Crippen molar-refractivity contribution in [3.8, 4) is 0 Å². The van der Waals surface area contributed by atoms with Gasteiger partial charge in [-0.2, -0.15) is 0 Å². The predicted molar refractivity (Wildman–Crippen MR) is 120 cm³/mol. The van der Waals surface area contributed by atoms with Gasteiger partial charge in [-0.25, -0.2) is 4.79 Å². The summed E-state index contributed by atoms with van der Waals surface area (Å²) in [5.41, 5.74) is 7.06. The van der Waals surface area contributed by atoms with Gasteiger partial charge in [0.25, 0.3) is 0 Å². The Kier molecular flexibility index (Phi) is 6.00. The van der Waals surface area contributed by atoms with Gasteiger partial charge in [0, 0.05) is 7.11 Å². The van der Waals surface area contributed by atoms with E-state index in [1.165, 1.54) is 35.1 Å². The third-order valence-corrected chi connectivity index (χ3v) is 6.30. The van der Waals surface area contributed by atoms with Gasteiger partial charge in [0.1, 0.15) is 0 Å². The molecule has 1 aliphatic carbocycles. The number of hydrogen-bond acceptors (Lipinski definition) is 2. The molecule has 3 rings (SSSR count). The highest BCUT2D eigenvalue weighted by atomic mass is 16.5. The SMILES string of the molecule is COCCc1cc2c(cc1/C=C/c1ccc(C(=O)O)cc1)C(C)(C)CCC2(C)C. The lowest BCUT2D eigenvalue weighted by molar-refractivity contribution is 0.0697. The van der Waals surface area contributed by atoms with Crippen LogP contribution in [-0.4, -0.2) is 24.8 Å². The van der Waals surface area contributed by atoms with Crippen LogP contribution < -0.4 is 0 Å². The predicted octanol–water partition coefficient (Wildman–Crippen LogP) is 6.09. The maximum Gasteiger partial charge on any atom is 0.335 e. The fraction of sp³-hybridized carbons (Fsp3) is 0.423. The summed E-state index contributed by atoms with van der Waals surface area (Å²) < 4.78 is 5.36. The molecule has 0 atom stereocenters. The Balaban J connectivity index is 2.03. The molecule has 1 N–H and O–H groups in total. The molecule has 0 aromatic heterocycles. The van der Waals surface area contributed by atoms with Gasteiger partial charge >= 0.3 is 5.97 Å².